The maximum Gasteiger partial charge on any atom is 0.224 e. The van der Waals surface area contributed by atoms with Gasteiger partial charge in [-0.1, -0.05) is 40.0 Å². The highest BCUT2D eigenvalue weighted by molar-refractivity contribution is 5.85. The molecule has 2 unspecified atom stereocenters. The van der Waals surface area contributed by atoms with Gasteiger partial charge in [-0.15, -0.1) is 12.4 Å². The average molecular weight is 251 g/mol. The molecule has 0 aromatic carbocycles. The van der Waals surface area contributed by atoms with E-state index in [4.69, 9.17) is 5.73 Å². The molecular formula is C12H27ClN2O. The Morgan fingerprint density at radius 3 is 2.31 bits per heavy atom. The summed E-state index contributed by atoms with van der Waals surface area (Å²) in [6.07, 6.45) is 5.65. The maximum absolute atomic E-state index is 11.6. The van der Waals surface area contributed by atoms with Crippen LogP contribution in [0.25, 0.3) is 0 Å². The Hall–Kier alpha value is -0.280. The molecule has 3 N–H and O–H groups in total. The third-order valence-corrected chi connectivity index (χ3v) is 2.69. The summed E-state index contributed by atoms with van der Waals surface area (Å²) in [7, 11) is 0. The molecule has 4 heteroatoms. The third-order valence-electron chi connectivity index (χ3n) is 2.69. The van der Waals surface area contributed by atoms with Gasteiger partial charge >= 0.3 is 0 Å². The molecule has 0 aliphatic rings. The van der Waals surface area contributed by atoms with Gasteiger partial charge in [0.05, 0.1) is 0 Å². The van der Waals surface area contributed by atoms with Crippen molar-refractivity contribution >= 4 is 18.3 Å². The van der Waals surface area contributed by atoms with Crippen LogP contribution in [0.5, 0.6) is 0 Å². The standard InChI is InChI=1S/C12H26N2O.ClH/c1-4-6-8-11(7-5-2)14-12(15)10(3)9-13;/h10-11H,4-9,13H2,1-3H3,(H,14,15);1H. The van der Waals surface area contributed by atoms with Gasteiger partial charge in [-0.2, -0.15) is 0 Å². The number of rotatable bonds is 8. The van der Waals surface area contributed by atoms with Gasteiger partial charge in [-0.05, 0) is 12.8 Å². The molecule has 0 spiro atoms. The van der Waals surface area contributed by atoms with Crippen LogP contribution < -0.4 is 11.1 Å². The zero-order chi connectivity index (χ0) is 11.7. The van der Waals surface area contributed by atoms with Gasteiger partial charge in [-0.25, -0.2) is 0 Å². The first-order valence-electron chi connectivity index (χ1n) is 6.16. The van der Waals surface area contributed by atoms with Gasteiger partial charge in [-0.3, -0.25) is 4.79 Å². The number of hydrogen-bond acceptors (Lipinski definition) is 2. The second-order valence-electron chi connectivity index (χ2n) is 4.27. The normalized spacial score (nSPS) is 13.8. The number of carbonyl (C=O) groups is 1. The fourth-order valence-corrected chi connectivity index (χ4v) is 1.54. The van der Waals surface area contributed by atoms with Gasteiger partial charge in [0, 0.05) is 18.5 Å². The van der Waals surface area contributed by atoms with E-state index in [0.717, 1.165) is 19.3 Å². The summed E-state index contributed by atoms with van der Waals surface area (Å²) in [5, 5.41) is 3.08. The summed E-state index contributed by atoms with van der Waals surface area (Å²) in [4.78, 5) is 11.6. The van der Waals surface area contributed by atoms with Gasteiger partial charge in [0.1, 0.15) is 0 Å². The number of nitrogens with one attached hydrogen (secondary N) is 1. The fourth-order valence-electron chi connectivity index (χ4n) is 1.54. The quantitative estimate of drug-likeness (QED) is 0.696. The van der Waals surface area contributed by atoms with E-state index in [9.17, 15) is 4.79 Å². The molecule has 0 bridgehead atoms. The highest BCUT2D eigenvalue weighted by atomic mass is 35.5. The van der Waals surface area contributed by atoms with Crippen molar-refractivity contribution in [3.63, 3.8) is 0 Å². The molecule has 98 valence electrons. The number of halogens is 1. The van der Waals surface area contributed by atoms with Crippen LogP contribution in [0.1, 0.15) is 52.9 Å². The summed E-state index contributed by atoms with van der Waals surface area (Å²) in [6.45, 7) is 6.63. The van der Waals surface area contributed by atoms with Gasteiger partial charge < -0.3 is 11.1 Å². The highest BCUT2D eigenvalue weighted by Gasteiger charge is 2.15. The zero-order valence-electron chi connectivity index (χ0n) is 10.8. The Labute approximate surface area is 106 Å². The highest BCUT2D eigenvalue weighted by Crippen LogP contribution is 2.07. The molecule has 0 radical (unpaired) electrons. The van der Waals surface area contributed by atoms with Crippen molar-refractivity contribution in [3.05, 3.63) is 0 Å². The van der Waals surface area contributed by atoms with Crippen molar-refractivity contribution in [2.45, 2.75) is 58.9 Å². The van der Waals surface area contributed by atoms with Crippen LogP contribution in [0.15, 0.2) is 0 Å². The first-order chi connectivity index (χ1) is 7.15. The molecule has 0 aromatic heterocycles. The molecule has 0 fully saturated rings. The first-order valence-corrected chi connectivity index (χ1v) is 6.16. The van der Waals surface area contributed by atoms with Crippen molar-refractivity contribution in [2.24, 2.45) is 11.7 Å². The topological polar surface area (TPSA) is 55.1 Å². The fraction of sp³-hybridized carbons (Fsp3) is 0.917. The van der Waals surface area contributed by atoms with Crippen LogP contribution in [0, 0.1) is 5.92 Å². The Kier molecular flexibility index (Phi) is 12.7. The Bertz CT molecular complexity index is 176. The van der Waals surface area contributed by atoms with Gasteiger partial charge in [0.2, 0.25) is 5.91 Å². The lowest BCUT2D eigenvalue weighted by Crippen LogP contribution is -2.40. The number of amides is 1. The summed E-state index contributed by atoms with van der Waals surface area (Å²) in [5.74, 6) is 0.0398. The molecule has 0 heterocycles. The minimum atomic E-state index is -0.0639. The molecular weight excluding hydrogens is 224 g/mol. The Balaban J connectivity index is 0. The van der Waals surface area contributed by atoms with Gasteiger partial charge in [0.15, 0.2) is 0 Å². The average Bonchev–Trinajstić information content (AvgIpc) is 2.24. The Morgan fingerprint density at radius 1 is 1.25 bits per heavy atom. The number of unbranched alkanes of at least 4 members (excludes halogenated alkanes) is 1. The van der Waals surface area contributed by atoms with Crippen molar-refractivity contribution in [1.82, 2.24) is 5.32 Å². The molecule has 1 amide bonds. The summed E-state index contributed by atoms with van der Waals surface area (Å²) < 4.78 is 0. The van der Waals surface area contributed by atoms with E-state index in [2.05, 4.69) is 19.2 Å². The van der Waals surface area contributed by atoms with Crippen LogP contribution >= 0.6 is 12.4 Å². The van der Waals surface area contributed by atoms with E-state index >= 15 is 0 Å². The number of nitrogens with two attached hydrogens (primary N) is 1. The van der Waals surface area contributed by atoms with E-state index in [1.165, 1.54) is 12.8 Å². The molecule has 3 nitrogen and oxygen atoms in total. The lowest BCUT2D eigenvalue weighted by Gasteiger charge is -2.19. The molecule has 0 aromatic rings. The van der Waals surface area contributed by atoms with E-state index in [1.54, 1.807) is 0 Å². The molecule has 0 rings (SSSR count). The minimum absolute atomic E-state index is 0. The van der Waals surface area contributed by atoms with E-state index in [0.29, 0.717) is 12.6 Å². The number of hydrogen-bond donors (Lipinski definition) is 2. The summed E-state index contributed by atoms with van der Waals surface area (Å²) in [5.41, 5.74) is 5.46. The first kappa shape index (κ1) is 18.1. The maximum atomic E-state index is 11.6. The molecule has 0 saturated heterocycles. The molecule has 2 atom stereocenters. The summed E-state index contributed by atoms with van der Waals surface area (Å²) in [6, 6.07) is 0.344. The SMILES string of the molecule is CCCCC(CCC)NC(=O)C(C)CN.Cl. The van der Waals surface area contributed by atoms with Crippen molar-refractivity contribution in [1.29, 1.82) is 0 Å². The zero-order valence-corrected chi connectivity index (χ0v) is 11.6. The van der Waals surface area contributed by atoms with Crippen LogP contribution in [-0.2, 0) is 4.79 Å². The molecule has 16 heavy (non-hydrogen) atoms. The predicted octanol–water partition coefficient (Wildman–Crippen LogP) is 2.48. The summed E-state index contributed by atoms with van der Waals surface area (Å²) >= 11 is 0. The van der Waals surface area contributed by atoms with Crippen LogP contribution in [-0.4, -0.2) is 18.5 Å². The van der Waals surface area contributed by atoms with Crippen LogP contribution in [0.4, 0.5) is 0 Å². The minimum Gasteiger partial charge on any atom is -0.353 e. The molecule has 0 saturated carbocycles. The van der Waals surface area contributed by atoms with Crippen LogP contribution in [0.2, 0.25) is 0 Å². The van der Waals surface area contributed by atoms with E-state index in [1.807, 2.05) is 6.92 Å². The van der Waals surface area contributed by atoms with Crippen LogP contribution in [0.3, 0.4) is 0 Å². The van der Waals surface area contributed by atoms with Crippen molar-refractivity contribution in [2.75, 3.05) is 6.54 Å². The van der Waals surface area contributed by atoms with E-state index < -0.39 is 0 Å². The largest absolute Gasteiger partial charge is 0.353 e. The lowest BCUT2D eigenvalue weighted by atomic mass is 10.0. The predicted molar refractivity (Wildman–Crippen MR) is 71.8 cm³/mol. The van der Waals surface area contributed by atoms with Gasteiger partial charge in [0.25, 0.3) is 0 Å². The number of carbonyl (C=O) groups excluding carboxylic acids is 1. The van der Waals surface area contributed by atoms with Crippen molar-refractivity contribution in [3.8, 4) is 0 Å². The molecule has 0 aliphatic carbocycles. The second-order valence-corrected chi connectivity index (χ2v) is 4.27. The second kappa shape index (κ2) is 11.2. The van der Waals surface area contributed by atoms with E-state index in [-0.39, 0.29) is 24.2 Å². The monoisotopic (exact) mass is 250 g/mol. The Morgan fingerprint density at radius 2 is 1.88 bits per heavy atom. The smallest absolute Gasteiger partial charge is 0.224 e. The van der Waals surface area contributed by atoms with Crippen molar-refractivity contribution < 1.29 is 4.79 Å². The third kappa shape index (κ3) is 7.94. The lowest BCUT2D eigenvalue weighted by molar-refractivity contribution is -0.125. The molecule has 0 aliphatic heterocycles.